The Kier molecular flexibility index (Phi) is 10.1. The summed E-state index contributed by atoms with van der Waals surface area (Å²) in [6, 6.07) is 0. The van der Waals surface area contributed by atoms with Crippen LogP contribution in [0.5, 0.6) is 0 Å². The van der Waals surface area contributed by atoms with Crippen LogP contribution in [0.3, 0.4) is 0 Å². The van der Waals surface area contributed by atoms with Crippen molar-refractivity contribution in [1.29, 1.82) is 0 Å². The number of unbranched alkanes of at least 4 members (excludes halogenated alkanes) is 2. The van der Waals surface area contributed by atoms with Gasteiger partial charge in [0.25, 0.3) is 11.8 Å². The Bertz CT molecular complexity index is 470. The van der Waals surface area contributed by atoms with Crippen LogP contribution in [0.2, 0.25) is 0 Å². The summed E-state index contributed by atoms with van der Waals surface area (Å²) in [6.45, 7) is 5.70. The van der Waals surface area contributed by atoms with Crippen LogP contribution in [0.1, 0.15) is 78.6 Å². The predicted molar refractivity (Wildman–Crippen MR) is 98.1 cm³/mol. The Labute approximate surface area is 156 Å². The number of carbonyl (C=O) groups is 3. The highest BCUT2D eigenvalue weighted by atomic mass is 16.7. The minimum Gasteiger partial charge on any atom is -0.405 e. The van der Waals surface area contributed by atoms with Crippen molar-refractivity contribution in [3.63, 3.8) is 0 Å². The molecule has 1 aliphatic heterocycles. The van der Waals surface area contributed by atoms with E-state index in [1.807, 2.05) is 0 Å². The number of Topliss-reactive ketones (excluding diaryl/α,β-unsaturated/α-hetero) is 1. The second-order valence-corrected chi connectivity index (χ2v) is 6.96. The fraction of sp³-hybridized carbons (Fsp3) is 0.833. The Hall–Kier alpha value is -1.25. The summed E-state index contributed by atoms with van der Waals surface area (Å²) in [6.07, 6.45) is 6.33. The van der Waals surface area contributed by atoms with Crippen molar-refractivity contribution in [3.8, 4) is 0 Å². The molecule has 1 fully saturated rings. The van der Waals surface area contributed by atoms with Crippen LogP contribution in [0.25, 0.3) is 0 Å². The average Bonchev–Trinajstić information content (AvgIpc) is 2.95. The summed E-state index contributed by atoms with van der Waals surface area (Å²) < 4.78 is 10.1. The van der Waals surface area contributed by atoms with E-state index in [1.54, 1.807) is 6.92 Å². The molecule has 1 rings (SSSR count). The highest BCUT2D eigenvalue weighted by Gasteiger charge is 2.36. The molecular weight excluding hydrogens is 337 g/mol. The van der Waals surface area contributed by atoms with E-state index in [1.165, 1.54) is 0 Å². The molecule has 0 aromatic rings. The van der Waals surface area contributed by atoms with E-state index < -0.39 is 23.2 Å². The molecule has 26 heavy (non-hydrogen) atoms. The fourth-order valence-electron chi connectivity index (χ4n) is 3.13. The number of aliphatic hydroxyl groups is 1. The van der Waals surface area contributed by atoms with E-state index in [9.17, 15) is 19.5 Å². The van der Waals surface area contributed by atoms with Crippen molar-refractivity contribution in [2.24, 2.45) is 5.92 Å². The van der Waals surface area contributed by atoms with Gasteiger partial charge in [0.15, 0.2) is 5.78 Å². The van der Waals surface area contributed by atoms with Crippen molar-refractivity contribution >= 4 is 25.3 Å². The number of hydrogen-bond donors (Lipinski definition) is 1. The van der Waals surface area contributed by atoms with E-state index in [4.69, 9.17) is 9.41 Å². The summed E-state index contributed by atoms with van der Waals surface area (Å²) in [7, 11) is -0.378. The standard InChI is InChI=1S/C18H32BNO6/c1-4-7-8-9-14(5-2)12-18(24,6-3)15(21)13-25-19-26-20-16(22)10-11-17(20)23/h14,19,24H,4-13H2,1-3H3. The third-order valence-electron chi connectivity index (χ3n) is 5.03. The first kappa shape index (κ1) is 22.8. The molecule has 0 spiro atoms. The molecule has 0 radical (unpaired) electrons. The number of imide groups is 1. The summed E-state index contributed by atoms with van der Waals surface area (Å²) in [4.78, 5) is 35.2. The lowest BCUT2D eigenvalue weighted by atomic mass is 9.81. The summed E-state index contributed by atoms with van der Waals surface area (Å²) >= 11 is 0. The van der Waals surface area contributed by atoms with E-state index in [0.29, 0.717) is 23.8 Å². The predicted octanol–water partition coefficient (Wildman–Crippen LogP) is 2.06. The maximum Gasteiger partial charge on any atom is 0.465 e. The minimum atomic E-state index is -1.41. The van der Waals surface area contributed by atoms with Crippen LogP contribution in [0, 0.1) is 5.92 Å². The highest BCUT2D eigenvalue weighted by Crippen LogP contribution is 2.28. The molecule has 0 bridgehead atoms. The quantitative estimate of drug-likeness (QED) is 0.286. The summed E-state index contributed by atoms with van der Waals surface area (Å²) in [5.74, 6) is -0.913. The number of hydrogen-bond acceptors (Lipinski definition) is 6. The van der Waals surface area contributed by atoms with Gasteiger partial charge in [-0.25, -0.2) is 0 Å². The van der Waals surface area contributed by atoms with Crippen molar-refractivity contribution in [1.82, 2.24) is 5.06 Å². The number of amides is 2. The van der Waals surface area contributed by atoms with E-state index >= 15 is 0 Å². The van der Waals surface area contributed by atoms with Crippen molar-refractivity contribution in [2.75, 3.05) is 6.61 Å². The maximum absolute atomic E-state index is 12.4. The number of nitrogens with zero attached hydrogens (tertiary/aromatic N) is 1. The summed E-state index contributed by atoms with van der Waals surface area (Å²) in [5.41, 5.74) is -1.41. The third kappa shape index (κ3) is 6.81. The molecule has 2 unspecified atom stereocenters. The van der Waals surface area contributed by atoms with Crippen LogP contribution in [0.4, 0.5) is 0 Å². The van der Waals surface area contributed by atoms with E-state index in [2.05, 4.69) is 13.8 Å². The van der Waals surface area contributed by atoms with Gasteiger partial charge in [0.05, 0.1) is 6.61 Å². The van der Waals surface area contributed by atoms with Crippen molar-refractivity contribution in [2.45, 2.75) is 84.2 Å². The largest absolute Gasteiger partial charge is 0.465 e. The fourth-order valence-corrected chi connectivity index (χ4v) is 3.13. The SMILES string of the molecule is CCCCCC(CC)CC(O)(CC)C(=O)COBON1C(=O)CCC1=O. The molecule has 8 heteroatoms. The van der Waals surface area contributed by atoms with E-state index in [-0.39, 0.29) is 27.1 Å². The molecule has 2 amide bonds. The second kappa shape index (κ2) is 11.5. The molecule has 148 valence electrons. The Morgan fingerprint density at radius 2 is 1.88 bits per heavy atom. The number of rotatable bonds is 14. The molecule has 1 heterocycles. The van der Waals surface area contributed by atoms with Gasteiger partial charge in [-0.05, 0) is 18.8 Å². The molecule has 0 aliphatic carbocycles. The van der Waals surface area contributed by atoms with Crippen LogP contribution in [-0.4, -0.2) is 47.7 Å². The molecule has 7 nitrogen and oxygen atoms in total. The van der Waals surface area contributed by atoms with Crippen molar-refractivity contribution in [3.05, 3.63) is 0 Å². The van der Waals surface area contributed by atoms with Gasteiger partial charge in [-0.3, -0.25) is 19.1 Å². The zero-order chi connectivity index (χ0) is 19.6. The number of hydroxylamine groups is 2. The second-order valence-electron chi connectivity index (χ2n) is 6.96. The molecule has 1 saturated heterocycles. The van der Waals surface area contributed by atoms with Crippen LogP contribution in [-0.2, 0) is 23.8 Å². The zero-order valence-electron chi connectivity index (χ0n) is 16.3. The maximum atomic E-state index is 12.4. The average molecular weight is 369 g/mol. The Morgan fingerprint density at radius 3 is 2.42 bits per heavy atom. The van der Waals surface area contributed by atoms with Crippen LogP contribution in [0.15, 0.2) is 0 Å². The molecule has 0 aromatic carbocycles. The van der Waals surface area contributed by atoms with Crippen LogP contribution < -0.4 is 0 Å². The molecular formula is C18H32BNO6. The molecule has 0 saturated carbocycles. The molecule has 1 N–H and O–H groups in total. The molecule has 0 aromatic heterocycles. The topological polar surface area (TPSA) is 93.1 Å². The van der Waals surface area contributed by atoms with Gasteiger partial charge >= 0.3 is 7.69 Å². The normalized spacial score (nSPS) is 18.1. The minimum absolute atomic E-state index is 0.129. The lowest BCUT2D eigenvalue weighted by Crippen LogP contribution is -2.43. The molecule has 2 atom stereocenters. The first-order chi connectivity index (χ1) is 12.4. The van der Waals surface area contributed by atoms with Gasteiger partial charge in [-0.2, -0.15) is 5.06 Å². The van der Waals surface area contributed by atoms with Gasteiger partial charge in [-0.1, -0.05) is 52.9 Å². The lowest BCUT2D eigenvalue weighted by Gasteiger charge is -2.29. The van der Waals surface area contributed by atoms with Gasteiger partial charge in [0.1, 0.15) is 5.60 Å². The van der Waals surface area contributed by atoms with Gasteiger partial charge in [0, 0.05) is 12.8 Å². The van der Waals surface area contributed by atoms with Crippen molar-refractivity contribution < 1.29 is 28.9 Å². The monoisotopic (exact) mass is 369 g/mol. The zero-order valence-corrected chi connectivity index (χ0v) is 16.3. The summed E-state index contributed by atoms with van der Waals surface area (Å²) in [5, 5.41) is 11.4. The van der Waals surface area contributed by atoms with Gasteiger partial charge in [0.2, 0.25) is 0 Å². The Balaban J connectivity index is 2.42. The first-order valence-corrected chi connectivity index (χ1v) is 9.70. The number of ketones is 1. The van der Waals surface area contributed by atoms with Gasteiger partial charge < -0.3 is 9.76 Å². The van der Waals surface area contributed by atoms with Gasteiger partial charge in [-0.15, -0.1) is 0 Å². The first-order valence-electron chi connectivity index (χ1n) is 9.70. The van der Waals surface area contributed by atoms with Crippen LogP contribution >= 0.6 is 0 Å². The lowest BCUT2D eigenvalue weighted by molar-refractivity contribution is -0.167. The smallest absolute Gasteiger partial charge is 0.405 e. The Morgan fingerprint density at radius 1 is 1.23 bits per heavy atom. The number of carbonyl (C=O) groups excluding carboxylic acids is 3. The third-order valence-corrected chi connectivity index (χ3v) is 5.03. The van der Waals surface area contributed by atoms with E-state index in [0.717, 1.165) is 32.1 Å². The highest BCUT2D eigenvalue weighted by molar-refractivity contribution is 6.20. The molecule has 1 aliphatic rings.